The van der Waals surface area contributed by atoms with Crippen molar-refractivity contribution in [3.8, 4) is 0 Å². The van der Waals surface area contributed by atoms with E-state index in [0.29, 0.717) is 19.3 Å². The van der Waals surface area contributed by atoms with Crippen LogP contribution in [0.15, 0.2) is 48.6 Å². The van der Waals surface area contributed by atoms with E-state index in [1.807, 2.05) is 0 Å². The van der Waals surface area contributed by atoms with Gasteiger partial charge in [-0.25, -0.2) is 4.79 Å². The van der Waals surface area contributed by atoms with E-state index in [-0.39, 0.29) is 25.9 Å². The molecule has 0 bridgehead atoms. The number of hydrogen-bond acceptors (Lipinski definition) is 11. The van der Waals surface area contributed by atoms with Crippen molar-refractivity contribution in [3.05, 3.63) is 48.6 Å². The first-order chi connectivity index (χ1) is 37.6. The first-order valence-corrected chi connectivity index (χ1v) is 31.6. The van der Waals surface area contributed by atoms with Crippen molar-refractivity contribution in [1.82, 2.24) is 0 Å². The second-order valence-corrected chi connectivity index (χ2v) is 21.7. The van der Waals surface area contributed by atoms with Gasteiger partial charge in [0.1, 0.15) is 18.8 Å². The minimum atomic E-state index is -1.91. The molecule has 0 aliphatic carbocycles. The van der Waals surface area contributed by atoms with Crippen LogP contribution >= 0.6 is 0 Å². The zero-order chi connectivity index (χ0) is 56.1. The normalized spacial score (nSPS) is 18.3. The van der Waals surface area contributed by atoms with E-state index in [2.05, 4.69) is 69.4 Å². The van der Waals surface area contributed by atoms with Gasteiger partial charge in [-0.1, -0.05) is 217 Å². The number of carbonyl (C=O) groups excluding carboxylic acids is 3. The molecule has 12 nitrogen and oxygen atoms in total. The van der Waals surface area contributed by atoms with Crippen LogP contribution < -0.4 is 0 Å². The van der Waals surface area contributed by atoms with Gasteiger partial charge in [0.15, 0.2) is 24.6 Å². The standard InChI is InChI=1S/C65H114O12/c1-4-7-10-13-16-19-22-25-27-28-29-30-32-35-38-41-44-47-50-53-59(68)76-63-61(70)60(69)62(64(71)72)77-65(63)74-55-56(75-58(67)52-49-46-43-40-37-33-24-21-18-15-12-9-6-3)54-73-57(66)51-48-45-42-39-36-34-31-26-23-20-17-14-11-8-5-2/h16,19,21,24-27,31,56,60-63,65,69-70H,4-15,17-18,20,22-23,28-30,32-55H2,1-3H3,(H,71,72)/b19-16-,24-21-,27-25-,31-26-. The van der Waals surface area contributed by atoms with Crippen molar-refractivity contribution in [2.75, 3.05) is 13.2 Å². The van der Waals surface area contributed by atoms with Gasteiger partial charge in [0.2, 0.25) is 0 Å². The Kier molecular flexibility index (Phi) is 49.7. The predicted octanol–water partition coefficient (Wildman–Crippen LogP) is 16.6. The third-order valence-electron chi connectivity index (χ3n) is 14.3. The molecular formula is C65H114O12. The summed E-state index contributed by atoms with van der Waals surface area (Å²) in [7, 11) is 0. The zero-order valence-corrected chi connectivity index (χ0v) is 49.2. The van der Waals surface area contributed by atoms with E-state index in [1.54, 1.807) is 0 Å². The van der Waals surface area contributed by atoms with Crippen LogP contribution in [0.5, 0.6) is 0 Å². The molecule has 0 aromatic carbocycles. The number of carboxylic acid groups (broad SMARTS) is 1. The molecule has 0 aromatic heterocycles. The third-order valence-corrected chi connectivity index (χ3v) is 14.3. The summed E-state index contributed by atoms with van der Waals surface area (Å²) >= 11 is 0. The van der Waals surface area contributed by atoms with E-state index >= 15 is 0 Å². The van der Waals surface area contributed by atoms with Crippen molar-refractivity contribution < 1.29 is 58.2 Å². The van der Waals surface area contributed by atoms with Gasteiger partial charge in [-0.3, -0.25) is 14.4 Å². The zero-order valence-electron chi connectivity index (χ0n) is 49.2. The number of carbonyl (C=O) groups is 4. The summed E-state index contributed by atoms with van der Waals surface area (Å²) in [6, 6.07) is 0. The second kappa shape index (κ2) is 53.3. The highest BCUT2D eigenvalue weighted by Gasteiger charge is 2.50. The lowest BCUT2D eigenvalue weighted by Gasteiger charge is -2.40. The van der Waals surface area contributed by atoms with Crippen LogP contribution in [0, 0.1) is 0 Å². The Bertz CT molecular complexity index is 1520. The Hall–Kier alpha value is -3.32. The molecule has 1 rings (SSSR count). The maximum Gasteiger partial charge on any atom is 0.335 e. The number of ether oxygens (including phenoxy) is 5. The molecule has 1 aliphatic heterocycles. The number of hydrogen-bond donors (Lipinski definition) is 3. The number of allylic oxidation sites excluding steroid dienone is 8. The summed E-state index contributed by atoms with van der Waals surface area (Å²) in [5.41, 5.74) is 0. The summed E-state index contributed by atoms with van der Waals surface area (Å²) in [5.74, 6) is -3.13. The lowest BCUT2D eigenvalue weighted by Crippen LogP contribution is -2.61. The molecule has 1 heterocycles. The lowest BCUT2D eigenvalue weighted by molar-refractivity contribution is -0.301. The van der Waals surface area contributed by atoms with Crippen molar-refractivity contribution in [2.45, 2.75) is 327 Å². The highest BCUT2D eigenvalue weighted by Crippen LogP contribution is 2.27. The molecule has 6 unspecified atom stereocenters. The van der Waals surface area contributed by atoms with Crippen LogP contribution in [0.4, 0.5) is 0 Å². The van der Waals surface area contributed by atoms with Crippen LogP contribution in [0.1, 0.15) is 290 Å². The van der Waals surface area contributed by atoms with E-state index < -0.39 is 67.3 Å². The Morgan fingerprint density at radius 2 is 0.779 bits per heavy atom. The van der Waals surface area contributed by atoms with Crippen LogP contribution in [0.3, 0.4) is 0 Å². The molecule has 446 valence electrons. The highest BCUT2D eigenvalue weighted by molar-refractivity contribution is 5.74. The molecule has 1 saturated heterocycles. The molecular weight excluding hydrogens is 973 g/mol. The minimum absolute atomic E-state index is 0.0553. The lowest BCUT2D eigenvalue weighted by atomic mass is 9.98. The van der Waals surface area contributed by atoms with Crippen LogP contribution in [-0.2, 0) is 42.9 Å². The Labute approximate surface area is 469 Å². The van der Waals surface area contributed by atoms with Gasteiger partial charge in [-0.15, -0.1) is 0 Å². The molecule has 0 radical (unpaired) electrons. The van der Waals surface area contributed by atoms with Gasteiger partial charge >= 0.3 is 23.9 Å². The predicted molar refractivity (Wildman–Crippen MR) is 312 cm³/mol. The summed E-state index contributed by atoms with van der Waals surface area (Å²) in [6.07, 6.45) is 52.1. The number of aliphatic hydroxyl groups excluding tert-OH is 2. The van der Waals surface area contributed by atoms with E-state index in [4.69, 9.17) is 23.7 Å². The van der Waals surface area contributed by atoms with Crippen LogP contribution in [0.25, 0.3) is 0 Å². The number of unbranched alkanes of at least 4 members (excludes halogenated alkanes) is 32. The Balaban J connectivity index is 2.65. The molecule has 0 amide bonds. The molecule has 12 heteroatoms. The van der Waals surface area contributed by atoms with E-state index in [0.717, 1.165) is 116 Å². The fourth-order valence-electron chi connectivity index (χ4n) is 9.45. The van der Waals surface area contributed by atoms with Crippen LogP contribution in [0.2, 0.25) is 0 Å². The maximum atomic E-state index is 13.1. The molecule has 3 N–H and O–H groups in total. The largest absolute Gasteiger partial charge is 0.479 e. The first-order valence-electron chi connectivity index (χ1n) is 31.6. The number of esters is 3. The van der Waals surface area contributed by atoms with Gasteiger partial charge in [-0.2, -0.15) is 0 Å². The summed E-state index contributed by atoms with van der Waals surface area (Å²) in [4.78, 5) is 51.2. The third kappa shape index (κ3) is 43.2. The molecule has 0 aromatic rings. The average molecular weight is 1090 g/mol. The monoisotopic (exact) mass is 1090 g/mol. The molecule has 1 aliphatic rings. The average Bonchev–Trinajstić information content (AvgIpc) is 3.42. The van der Waals surface area contributed by atoms with Gasteiger partial charge in [0.25, 0.3) is 0 Å². The first kappa shape index (κ1) is 71.7. The number of aliphatic carboxylic acids is 1. The van der Waals surface area contributed by atoms with Gasteiger partial charge in [0, 0.05) is 19.3 Å². The topological polar surface area (TPSA) is 175 Å². The summed E-state index contributed by atoms with van der Waals surface area (Å²) in [5, 5.41) is 31.5. The minimum Gasteiger partial charge on any atom is -0.479 e. The van der Waals surface area contributed by atoms with Crippen LogP contribution in [-0.4, -0.2) is 89.2 Å². The summed E-state index contributed by atoms with van der Waals surface area (Å²) < 4.78 is 28.5. The Morgan fingerprint density at radius 1 is 0.429 bits per heavy atom. The Morgan fingerprint density at radius 3 is 1.22 bits per heavy atom. The number of carboxylic acids is 1. The fraction of sp³-hybridized carbons (Fsp3) is 0.815. The number of aliphatic hydroxyl groups is 2. The van der Waals surface area contributed by atoms with E-state index in [1.165, 1.54) is 116 Å². The van der Waals surface area contributed by atoms with Crippen molar-refractivity contribution in [2.24, 2.45) is 0 Å². The van der Waals surface area contributed by atoms with E-state index in [9.17, 15) is 34.5 Å². The maximum absolute atomic E-state index is 13.1. The smallest absolute Gasteiger partial charge is 0.335 e. The van der Waals surface area contributed by atoms with Gasteiger partial charge in [-0.05, 0) is 103 Å². The molecule has 6 atom stereocenters. The van der Waals surface area contributed by atoms with Gasteiger partial charge in [0.05, 0.1) is 6.61 Å². The number of rotatable bonds is 54. The molecule has 77 heavy (non-hydrogen) atoms. The van der Waals surface area contributed by atoms with Crippen molar-refractivity contribution >= 4 is 23.9 Å². The molecule has 1 fully saturated rings. The van der Waals surface area contributed by atoms with Gasteiger partial charge < -0.3 is 39.0 Å². The molecule has 0 saturated carbocycles. The quantitative estimate of drug-likeness (QED) is 0.0228. The SMILES string of the molecule is CCCCC/C=C\C/C=C\CCCCCCCCCCCC(=O)OC1C(OCC(COC(=O)CCCCCCC/C=C\CCCCCCCC)OC(=O)CCCCCCC/C=C\CCCCCC)OC(C(=O)O)C(O)C1O. The molecule has 0 spiro atoms. The second-order valence-electron chi connectivity index (χ2n) is 21.7. The summed E-state index contributed by atoms with van der Waals surface area (Å²) in [6.45, 7) is 5.96. The van der Waals surface area contributed by atoms with Crippen molar-refractivity contribution in [3.63, 3.8) is 0 Å². The fourth-order valence-corrected chi connectivity index (χ4v) is 9.45. The highest BCUT2D eigenvalue weighted by atomic mass is 16.7. The van der Waals surface area contributed by atoms with Crippen molar-refractivity contribution in [1.29, 1.82) is 0 Å².